The number of amides is 2. The second-order valence-electron chi connectivity index (χ2n) is 7.74. The van der Waals surface area contributed by atoms with Gasteiger partial charge in [-0.25, -0.2) is 9.78 Å². The number of carbonyl (C=O) groups is 1. The topological polar surface area (TPSA) is 97.8 Å². The first-order valence-electron chi connectivity index (χ1n) is 10.5. The van der Waals surface area contributed by atoms with Crippen LogP contribution in [0.1, 0.15) is 17.0 Å². The lowest BCUT2D eigenvalue weighted by Gasteiger charge is -2.10. The smallest absolute Gasteiger partial charge is 0.389 e. The number of aryl methyl sites for hydroxylation is 2. The number of rotatable bonds is 7. The van der Waals surface area contributed by atoms with Crippen molar-refractivity contribution in [1.29, 1.82) is 0 Å². The largest absolute Gasteiger partial charge is 0.405 e. The first-order chi connectivity index (χ1) is 16.7. The van der Waals surface area contributed by atoms with Gasteiger partial charge in [0.25, 0.3) is 0 Å². The Hall–Kier alpha value is -4.35. The zero-order valence-corrected chi connectivity index (χ0v) is 18.9. The molecule has 9 nitrogen and oxygen atoms in total. The maximum atomic E-state index is 12.3. The van der Waals surface area contributed by atoms with E-state index in [2.05, 4.69) is 20.6 Å². The maximum Gasteiger partial charge on any atom is 0.405 e. The van der Waals surface area contributed by atoms with Crippen LogP contribution >= 0.6 is 0 Å². The molecular formula is C23H22F3N7O2. The standard InChI is InChI=1S/C23H22F3N7O2/c1-15-8-19(32(2)31-15)13-35-29-11-16-6-7-33-20(12-27-21(33)9-16)17-4-3-5-18(10-17)30-22(34)28-14-23(24,25)26/h3-12H,13-14H2,1-2H3,(H2,28,30,34). The Kier molecular flexibility index (Phi) is 6.71. The molecule has 0 spiro atoms. The Labute approximate surface area is 198 Å². The summed E-state index contributed by atoms with van der Waals surface area (Å²) in [6, 6.07) is 11.4. The van der Waals surface area contributed by atoms with E-state index in [0.29, 0.717) is 17.9 Å². The van der Waals surface area contributed by atoms with Gasteiger partial charge in [0.15, 0.2) is 6.61 Å². The van der Waals surface area contributed by atoms with Crippen LogP contribution in [-0.4, -0.2) is 44.1 Å². The van der Waals surface area contributed by atoms with Gasteiger partial charge in [-0.05, 0) is 37.3 Å². The molecule has 3 heterocycles. The van der Waals surface area contributed by atoms with Gasteiger partial charge in [-0.1, -0.05) is 17.3 Å². The molecule has 0 radical (unpaired) electrons. The molecule has 4 rings (SSSR count). The molecule has 4 aromatic rings. The predicted octanol–water partition coefficient (Wildman–Crippen LogP) is 4.28. The first kappa shape index (κ1) is 23.8. The lowest BCUT2D eigenvalue weighted by Crippen LogP contribution is -2.36. The molecule has 0 aliphatic carbocycles. The Morgan fingerprint density at radius 1 is 1.23 bits per heavy atom. The van der Waals surface area contributed by atoms with Gasteiger partial charge < -0.3 is 15.5 Å². The summed E-state index contributed by atoms with van der Waals surface area (Å²) in [4.78, 5) is 21.5. The average Bonchev–Trinajstić information content (AvgIpc) is 3.36. The molecule has 2 amide bonds. The fourth-order valence-corrected chi connectivity index (χ4v) is 3.40. The fraction of sp³-hybridized carbons (Fsp3) is 0.217. The highest BCUT2D eigenvalue weighted by Gasteiger charge is 2.27. The minimum atomic E-state index is -4.48. The zero-order chi connectivity index (χ0) is 25.0. The summed E-state index contributed by atoms with van der Waals surface area (Å²) in [5.74, 6) is 0. The molecule has 182 valence electrons. The third-order valence-electron chi connectivity index (χ3n) is 4.99. The molecule has 0 bridgehead atoms. The number of hydrogen-bond donors (Lipinski definition) is 2. The Morgan fingerprint density at radius 3 is 2.80 bits per heavy atom. The Bertz CT molecular complexity index is 1380. The van der Waals surface area contributed by atoms with Crippen molar-refractivity contribution in [2.75, 3.05) is 11.9 Å². The molecule has 35 heavy (non-hydrogen) atoms. The molecule has 0 unspecified atom stereocenters. The van der Waals surface area contributed by atoms with E-state index in [1.807, 2.05) is 48.8 Å². The van der Waals surface area contributed by atoms with Gasteiger partial charge in [-0.15, -0.1) is 0 Å². The Balaban J connectivity index is 1.43. The number of nitrogens with one attached hydrogen (secondary N) is 2. The van der Waals surface area contributed by atoms with Crippen LogP contribution in [0.25, 0.3) is 16.9 Å². The lowest BCUT2D eigenvalue weighted by atomic mass is 10.1. The number of fused-ring (bicyclic) bond motifs is 1. The molecule has 1 aromatic carbocycles. The highest BCUT2D eigenvalue weighted by molar-refractivity contribution is 5.90. The second-order valence-corrected chi connectivity index (χ2v) is 7.74. The number of hydrogen-bond acceptors (Lipinski definition) is 5. The monoisotopic (exact) mass is 485 g/mol. The van der Waals surface area contributed by atoms with Crippen molar-refractivity contribution >= 4 is 23.6 Å². The van der Waals surface area contributed by atoms with Crippen LogP contribution in [0.15, 0.2) is 60.0 Å². The minimum absolute atomic E-state index is 0.294. The molecule has 2 N–H and O–H groups in total. The number of anilines is 1. The molecule has 0 aliphatic rings. The summed E-state index contributed by atoms with van der Waals surface area (Å²) in [6.07, 6.45) is 0.589. The predicted molar refractivity (Wildman–Crippen MR) is 124 cm³/mol. The van der Waals surface area contributed by atoms with Crippen molar-refractivity contribution in [3.05, 3.63) is 71.8 Å². The van der Waals surface area contributed by atoms with Crippen molar-refractivity contribution < 1.29 is 22.8 Å². The van der Waals surface area contributed by atoms with Gasteiger partial charge >= 0.3 is 12.2 Å². The summed E-state index contributed by atoms with van der Waals surface area (Å²) < 4.78 is 40.4. The normalized spacial score (nSPS) is 11.8. The van der Waals surface area contributed by atoms with E-state index in [4.69, 9.17) is 4.84 Å². The van der Waals surface area contributed by atoms with Gasteiger partial charge in [-0.2, -0.15) is 18.3 Å². The SMILES string of the molecule is Cc1cc(CON=Cc2ccn3c(-c4cccc(NC(=O)NCC(F)(F)F)c4)cnc3c2)n(C)n1. The van der Waals surface area contributed by atoms with E-state index in [9.17, 15) is 18.0 Å². The molecule has 0 fully saturated rings. The van der Waals surface area contributed by atoms with E-state index in [-0.39, 0.29) is 0 Å². The van der Waals surface area contributed by atoms with Crippen molar-refractivity contribution in [2.45, 2.75) is 19.7 Å². The Morgan fingerprint density at radius 2 is 2.06 bits per heavy atom. The number of oxime groups is 1. The van der Waals surface area contributed by atoms with E-state index in [1.165, 1.54) is 0 Å². The highest BCUT2D eigenvalue weighted by atomic mass is 19.4. The summed E-state index contributed by atoms with van der Waals surface area (Å²) in [5, 5.41) is 12.4. The highest BCUT2D eigenvalue weighted by Crippen LogP contribution is 2.24. The molecule has 3 aromatic heterocycles. The van der Waals surface area contributed by atoms with Gasteiger partial charge in [-0.3, -0.25) is 9.08 Å². The number of halogens is 3. The van der Waals surface area contributed by atoms with E-state index >= 15 is 0 Å². The van der Waals surface area contributed by atoms with Crippen molar-refractivity contribution in [2.24, 2.45) is 12.2 Å². The summed E-state index contributed by atoms with van der Waals surface area (Å²) >= 11 is 0. The molecule has 0 saturated carbocycles. The van der Waals surface area contributed by atoms with Gasteiger partial charge in [0.1, 0.15) is 12.2 Å². The number of benzene rings is 1. The zero-order valence-electron chi connectivity index (χ0n) is 18.9. The third kappa shape index (κ3) is 6.16. The van der Waals surface area contributed by atoms with Gasteiger partial charge in [0, 0.05) is 30.1 Å². The molecule has 0 saturated heterocycles. The number of urea groups is 1. The maximum absolute atomic E-state index is 12.3. The number of pyridine rings is 1. The van der Waals surface area contributed by atoms with Crippen molar-refractivity contribution in [3.63, 3.8) is 0 Å². The quantitative estimate of drug-likeness (QED) is 0.302. The van der Waals surface area contributed by atoms with E-state index in [0.717, 1.165) is 28.2 Å². The third-order valence-corrected chi connectivity index (χ3v) is 4.99. The van der Waals surface area contributed by atoms with Crippen LogP contribution in [0, 0.1) is 6.92 Å². The second kappa shape index (κ2) is 9.87. The average molecular weight is 485 g/mol. The fourth-order valence-electron chi connectivity index (χ4n) is 3.40. The number of alkyl halides is 3. The number of nitrogens with zero attached hydrogens (tertiary/aromatic N) is 5. The summed E-state index contributed by atoms with van der Waals surface area (Å²) in [6.45, 7) is 0.788. The van der Waals surface area contributed by atoms with Crippen LogP contribution in [0.4, 0.5) is 23.7 Å². The van der Waals surface area contributed by atoms with E-state index < -0.39 is 18.8 Å². The van der Waals surface area contributed by atoms with Crippen LogP contribution in [0.5, 0.6) is 0 Å². The number of imidazole rings is 1. The van der Waals surface area contributed by atoms with Crippen molar-refractivity contribution in [3.8, 4) is 11.3 Å². The molecule has 0 atom stereocenters. The summed E-state index contributed by atoms with van der Waals surface area (Å²) in [7, 11) is 1.84. The first-order valence-corrected chi connectivity index (χ1v) is 10.5. The molecule has 12 heteroatoms. The van der Waals surface area contributed by atoms with Crippen LogP contribution in [-0.2, 0) is 18.5 Å². The minimum Gasteiger partial charge on any atom is -0.389 e. The van der Waals surface area contributed by atoms with Crippen molar-refractivity contribution in [1.82, 2.24) is 24.5 Å². The van der Waals surface area contributed by atoms with Crippen LogP contribution in [0.3, 0.4) is 0 Å². The molecule has 0 aliphatic heterocycles. The van der Waals surface area contributed by atoms with Crippen LogP contribution in [0.2, 0.25) is 0 Å². The molecular weight excluding hydrogens is 463 g/mol. The van der Waals surface area contributed by atoms with Gasteiger partial charge in [0.05, 0.1) is 29.5 Å². The summed E-state index contributed by atoms with van der Waals surface area (Å²) in [5.41, 5.74) is 5.07. The number of aromatic nitrogens is 4. The van der Waals surface area contributed by atoms with Crippen LogP contribution < -0.4 is 10.6 Å². The lowest BCUT2D eigenvalue weighted by molar-refractivity contribution is -0.122. The number of carbonyl (C=O) groups excluding carboxylic acids is 1. The van der Waals surface area contributed by atoms with Gasteiger partial charge in [0.2, 0.25) is 0 Å². The van der Waals surface area contributed by atoms with E-state index in [1.54, 1.807) is 40.6 Å².